The molecule has 0 amide bonds. The maximum absolute atomic E-state index is 8.35. The van der Waals surface area contributed by atoms with Crippen LogP contribution in [0.3, 0.4) is 0 Å². The Kier molecular flexibility index (Phi) is 4.50. The summed E-state index contributed by atoms with van der Waals surface area (Å²) in [5.74, 6) is 0. The monoisotopic (exact) mass is 159 g/mol. The second-order valence-corrected chi connectivity index (χ2v) is 2.94. The highest BCUT2D eigenvalue weighted by Gasteiger charge is 2.08. The van der Waals surface area contributed by atoms with Crippen LogP contribution in [0.15, 0.2) is 0 Å². The molecule has 1 saturated heterocycles. The molecule has 0 aromatic heterocycles. The zero-order valence-corrected chi connectivity index (χ0v) is 6.96. The van der Waals surface area contributed by atoms with Gasteiger partial charge in [0.2, 0.25) is 0 Å². The molecular formula is C8H17NO2. The fourth-order valence-corrected chi connectivity index (χ4v) is 1.44. The van der Waals surface area contributed by atoms with Crippen LogP contribution in [0.4, 0.5) is 0 Å². The number of piperidine rings is 1. The molecule has 0 saturated carbocycles. The van der Waals surface area contributed by atoms with Crippen LogP contribution in [-0.2, 0) is 4.74 Å². The van der Waals surface area contributed by atoms with Crippen LogP contribution >= 0.6 is 0 Å². The fraction of sp³-hybridized carbons (Fsp3) is 1.00. The van der Waals surface area contributed by atoms with E-state index in [4.69, 9.17) is 9.84 Å². The molecule has 1 heterocycles. The number of likely N-dealkylation sites (tertiary alicyclic amines) is 1. The molecule has 0 radical (unpaired) electrons. The number of rotatable bonds is 4. The molecule has 0 spiro atoms. The normalized spacial score (nSPS) is 20.5. The largest absolute Gasteiger partial charge is 0.371 e. The maximum atomic E-state index is 8.35. The Hall–Kier alpha value is -0.120. The predicted octanol–water partition coefficient (Wildman–Crippen LogP) is 0.439. The second kappa shape index (κ2) is 5.52. The molecule has 66 valence electrons. The fourth-order valence-electron chi connectivity index (χ4n) is 1.44. The number of nitrogens with zero attached hydrogens (tertiary/aromatic N) is 1. The zero-order valence-electron chi connectivity index (χ0n) is 6.96. The number of aliphatic hydroxyl groups excluding tert-OH is 1. The minimum absolute atomic E-state index is 0.145. The van der Waals surface area contributed by atoms with Gasteiger partial charge in [-0.25, -0.2) is 0 Å². The average molecular weight is 159 g/mol. The van der Waals surface area contributed by atoms with E-state index in [-0.39, 0.29) is 6.79 Å². The molecule has 11 heavy (non-hydrogen) atoms. The quantitative estimate of drug-likeness (QED) is 0.477. The van der Waals surface area contributed by atoms with Crippen molar-refractivity contribution in [3.05, 3.63) is 0 Å². The molecule has 1 fully saturated rings. The second-order valence-electron chi connectivity index (χ2n) is 2.94. The Labute approximate surface area is 68.0 Å². The third kappa shape index (κ3) is 3.70. The number of hydrogen-bond donors (Lipinski definition) is 1. The molecule has 0 unspecified atom stereocenters. The van der Waals surface area contributed by atoms with Gasteiger partial charge >= 0.3 is 0 Å². The first-order valence-electron chi connectivity index (χ1n) is 4.34. The van der Waals surface area contributed by atoms with Crippen LogP contribution < -0.4 is 0 Å². The Balaban J connectivity index is 1.96. The van der Waals surface area contributed by atoms with Crippen LogP contribution in [0.1, 0.15) is 19.3 Å². The Bertz CT molecular complexity index is 92.1. The van der Waals surface area contributed by atoms with Crippen molar-refractivity contribution in [3.8, 4) is 0 Å². The van der Waals surface area contributed by atoms with Gasteiger partial charge in [0.15, 0.2) is 0 Å². The van der Waals surface area contributed by atoms with Gasteiger partial charge in [0.1, 0.15) is 6.79 Å². The summed E-state index contributed by atoms with van der Waals surface area (Å²) in [5, 5.41) is 8.35. The van der Waals surface area contributed by atoms with Gasteiger partial charge < -0.3 is 14.7 Å². The van der Waals surface area contributed by atoms with E-state index in [1.807, 2.05) is 0 Å². The van der Waals surface area contributed by atoms with Crippen molar-refractivity contribution in [2.45, 2.75) is 19.3 Å². The summed E-state index contributed by atoms with van der Waals surface area (Å²) in [4.78, 5) is 2.39. The first-order valence-corrected chi connectivity index (χ1v) is 4.34. The predicted molar refractivity (Wildman–Crippen MR) is 43.3 cm³/mol. The molecule has 0 aromatic carbocycles. The Morgan fingerprint density at radius 2 is 1.91 bits per heavy atom. The van der Waals surface area contributed by atoms with Crippen molar-refractivity contribution < 1.29 is 9.84 Å². The van der Waals surface area contributed by atoms with Gasteiger partial charge in [-0.3, -0.25) is 0 Å². The van der Waals surface area contributed by atoms with E-state index in [1.165, 1.54) is 32.4 Å². The third-order valence-corrected chi connectivity index (χ3v) is 2.09. The van der Waals surface area contributed by atoms with Crippen molar-refractivity contribution in [1.29, 1.82) is 0 Å². The van der Waals surface area contributed by atoms with Crippen LogP contribution in [0.25, 0.3) is 0 Å². The molecule has 0 atom stereocenters. The molecular weight excluding hydrogens is 142 g/mol. The molecule has 0 aliphatic carbocycles. The van der Waals surface area contributed by atoms with Crippen LogP contribution in [-0.4, -0.2) is 43.0 Å². The highest BCUT2D eigenvalue weighted by atomic mass is 16.6. The van der Waals surface area contributed by atoms with Crippen molar-refractivity contribution in [2.75, 3.05) is 33.0 Å². The molecule has 1 rings (SSSR count). The highest BCUT2D eigenvalue weighted by molar-refractivity contribution is 4.63. The minimum Gasteiger partial charge on any atom is -0.371 e. The zero-order chi connectivity index (χ0) is 7.94. The summed E-state index contributed by atoms with van der Waals surface area (Å²) in [6.07, 6.45) is 4.01. The van der Waals surface area contributed by atoms with Gasteiger partial charge in [-0.1, -0.05) is 6.42 Å². The van der Waals surface area contributed by atoms with Gasteiger partial charge in [0.05, 0.1) is 6.61 Å². The van der Waals surface area contributed by atoms with E-state index in [1.54, 1.807) is 0 Å². The van der Waals surface area contributed by atoms with Crippen molar-refractivity contribution in [1.82, 2.24) is 4.90 Å². The van der Waals surface area contributed by atoms with E-state index in [0.717, 1.165) is 6.54 Å². The number of ether oxygens (including phenoxy) is 1. The van der Waals surface area contributed by atoms with Crippen LogP contribution in [0.5, 0.6) is 0 Å². The molecule has 3 heteroatoms. The van der Waals surface area contributed by atoms with Gasteiger partial charge in [-0.05, 0) is 25.9 Å². The van der Waals surface area contributed by atoms with E-state index in [9.17, 15) is 0 Å². The van der Waals surface area contributed by atoms with E-state index in [0.29, 0.717) is 6.61 Å². The van der Waals surface area contributed by atoms with E-state index < -0.39 is 0 Å². The first kappa shape index (κ1) is 8.97. The smallest absolute Gasteiger partial charge is 0.143 e. The third-order valence-electron chi connectivity index (χ3n) is 2.09. The van der Waals surface area contributed by atoms with Gasteiger partial charge in [-0.15, -0.1) is 0 Å². The van der Waals surface area contributed by atoms with Crippen molar-refractivity contribution in [2.24, 2.45) is 0 Å². The molecule has 0 bridgehead atoms. The Morgan fingerprint density at radius 1 is 1.18 bits per heavy atom. The summed E-state index contributed by atoms with van der Waals surface area (Å²) >= 11 is 0. The van der Waals surface area contributed by atoms with E-state index in [2.05, 4.69) is 4.90 Å². The Morgan fingerprint density at radius 3 is 2.55 bits per heavy atom. The topological polar surface area (TPSA) is 32.7 Å². The summed E-state index contributed by atoms with van der Waals surface area (Å²) in [5.41, 5.74) is 0. The van der Waals surface area contributed by atoms with Crippen LogP contribution in [0.2, 0.25) is 0 Å². The minimum atomic E-state index is -0.145. The molecule has 1 aliphatic rings. The van der Waals surface area contributed by atoms with Crippen LogP contribution in [0, 0.1) is 0 Å². The molecule has 1 aliphatic heterocycles. The molecule has 0 aromatic rings. The van der Waals surface area contributed by atoms with Gasteiger partial charge in [0.25, 0.3) is 0 Å². The summed E-state index contributed by atoms with van der Waals surface area (Å²) < 4.78 is 4.85. The van der Waals surface area contributed by atoms with E-state index >= 15 is 0 Å². The lowest BCUT2D eigenvalue weighted by Gasteiger charge is -2.25. The van der Waals surface area contributed by atoms with Crippen molar-refractivity contribution in [3.63, 3.8) is 0 Å². The molecule has 3 nitrogen and oxygen atoms in total. The number of aliphatic hydroxyl groups is 1. The standard InChI is InChI=1S/C8H17NO2/c10-8-11-7-6-9-4-2-1-3-5-9/h10H,1-8H2. The van der Waals surface area contributed by atoms with Crippen molar-refractivity contribution >= 4 is 0 Å². The summed E-state index contributed by atoms with van der Waals surface area (Å²) in [6.45, 7) is 3.90. The maximum Gasteiger partial charge on any atom is 0.143 e. The highest BCUT2D eigenvalue weighted by Crippen LogP contribution is 2.07. The molecule has 1 N–H and O–H groups in total. The summed E-state index contributed by atoms with van der Waals surface area (Å²) in [7, 11) is 0. The average Bonchev–Trinajstić information content (AvgIpc) is 2.07. The SMILES string of the molecule is OCOCCN1CCCCC1. The number of hydrogen-bond acceptors (Lipinski definition) is 3. The summed E-state index contributed by atoms with van der Waals surface area (Å²) in [6, 6.07) is 0. The van der Waals surface area contributed by atoms with Gasteiger partial charge in [-0.2, -0.15) is 0 Å². The first-order chi connectivity index (χ1) is 5.43. The lowest BCUT2D eigenvalue weighted by atomic mass is 10.1. The lowest BCUT2D eigenvalue weighted by Crippen LogP contribution is -2.32. The van der Waals surface area contributed by atoms with Gasteiger partial charge in [0, 0.05) is 6.54 Å². The lowest BCUT2D eigenvalue weighted by molar-refractivity contribution is -0.0113.